The summed E-state index contributed by atoms with van der Waals surface area (Å²) in [4.78, 5) is 30.1. The molecule has 3 amide bonds. The van der Waals surface area contributed by atoms with E-state index in [1.54, 1.807) is 61.6 Å². The second-order valence-electron chi connectivity index (χ2n) is 11.4. The van der Waals surface area contributed by atoms with Crippen LogP contribution in [0.25, 0.3) is 0 Å². The summed E-state index contributed by atoms with van der Waals surface area (Å²) < 4.78 is 20.7. The van der Waals surface area contributed by atoms with Crippen molar-refractivity contribution < 1.29 is 18.7 Å². The molecular weight excluding hydrogens is 569 g/mol. The summed E-state index contributed by atoms with van der Waals surface area (Å²) in [6.07, 6.45) is 3.71. The summed E-state index contributed by atoms with van der Waals surface area (Å²) in [5.74, 6) is -0.544. The molecule has 1 aliphatic carbocycles. The lowest BCUT2D eigenvalue weighted by molar-refractivity contribution is -0.119. The zero-order valence-electron chi connectivity index (χ0n) is 24.2. The van der Waals surface area contributed by atoms with Crippen LogP contribution in [-0.2, 0) is 15.1 Å². The van der Waals surface area contributed by atoms with Crippen LogP contribution < -0.4 is 16.0 Å². The number of nitrogens with zero attached hydrogens (tertiary/aromatic N) is 3. The predicted octanol–water partition coefficient (Wildman–Crippen LogP) is 6.03. The second-order valence-corrected chi connectivity index (χ2v) is 11.8. The van der Waals surface area contributed by atoms with Crippen LogP contribution in [0.1, 0.15) is 48.8 Å². The van der Waals surface area contributed by atoms with Gasteiger partial charge in [0, 0.05) is 37.8 Å². The Morgan fingerprint density at radius 2 is 1.88 bits per heavy atom. The van der Waals surface area contributed by atoms with Crippen molar-refractivity contribution in [3.63, 3.8) is 0 Å². The third kappa shape index (κ3) is 6.67. The maximum absolute atomic E-state index is 15.2. The lowest BCUT2D eigenvalue weighted by atomic mass is 9.79. The fourth-order valence-corrected chi connectivity index (χ4v) is 5.80. The highest BCUT2D eigenvalue weighted by Gasteiger charge is 2.41. The van der Waals surface area contributed by atoms with Crippen LogP contribution in [0.2, 0.25) is 5.02 Å². The molecule has 1 saturated heterocycles. The van der Waals surface area contributed by atoms with E-state index < -0.39 is 29.3 Å². The number of hydrogen-bond acceptors (Lipinski definition) is 5. The van der Waals surface area contributed by atoms with Gasteiger partial charge in [0.1, 0.15) is 11.9 Å². The molecule has 0 aromatic heterocycles. The van der Waals surface area contributed by atoms with Gasteiger partial charge in [-0.3, -0.25) is 9.69 Å². The first-order chi connectivity index (χ1) is 20.6. The van der Waals surface area contributed by atoms with Gasteiger partial charge in [0.15, 0.2) is 0 Å². The molecule has 3 aromatic rings. The SMILES string of the molecule is CO[C@@H]1C[C@@H](C(=O)Nc2cc(C(N)(CCC3CC3)c3cccc(C#N)c3)ccc2F)N(C(=O)N(C)c2ccc(Cl)cc2)C1. The van der Waals surface area contributed by atoms with E-state index in [-0.39, 0.29) is 24.8 Å². The lowest BCUT2D eigenvalue weighted by Gasteiger charge is -2.32. The summed E-state index contributed by atoms with van der Waals surface area (Å²) in [5.41, 5.74) is 8.51. The van der Waals surface area contributed by atoms with E-state index in [1.807, 2.05) is 6.07 Å². The van der Waals surface area contributed by atoms with Gasteiger partial charge in [-0.05, 0) is 78.4 Å². The maximum atomic E-state index is 15.2. The molecule has 1 saturated carbocycles. The zero-order chi connectivity index (χ0) is 30.7. The van der Waals surface area contributed by atoms with E-state index in [1.165, 1.54) is 23.0 Å². The summed E-state index contributed by atoms with van der Waals surface area (Å²) in [6, 6.07) is 19.3. The quantitative estimate of drug-likeness (QED) is 0.310. The second kappa shape index (κ2) is 12.7. The normalized spacial score (nSPS) is 19.4. The third-order valence-electron chi connectivity index (χ3n) is 8.54. The van der Waals surface area contributed by atoms with Crippen LogP contribution >= 0.6 is 11.6 Å². The Balaban J connectivity index is 1.41. The first kappa shape index (κ1) is 30.5. The van der Waals surface area contributed by atoms with Crippen LogP contribution in [0.4, 0.5) is 20.6 Å². The summed E-state index contributed by atoms with van der Waals surface area (Å²) in [7, 11) is 3.15. The number of urea groups is 1. The number of amides is 3. The number of benzene rings is 3. The number of carbonyl (C=O) groups is 2. The number of methoxy groups -OCH3 is 1. The van der Waals surface area contributed by atoms with E-state index in [4.69, 9.17) is 22.1 Å². The molecule has 1 heterocycles. The van der Waals surface area contributed by atoms with E-state index >= 15 is 4.39 Å². The Morgan fingerprint density at radius 3 is 2.56 bits per heavy atom. The molecule has 43 heavy (non-hydrogen) atoms. The van der Waals surface area contributed by atoms with Gasteiger partial charge in [-0.2, -0.15) is 5.26 Å². The van der Waals surface area contributed by atoms with Crippen LogP contribution in [0, 0.1) is 23.1 Å². The first-order valence-corrected chi connectivity index (χ1v) is 14.7. The number of likely N-dealkylation sites (tertiary alicyclic amines) is 1. The summed E-state index contributed by atoms with van der Waals surface area (Å²) >= 11 is 6.00. The lowest BCUT2D eigenvalue weighted by Crippen LogP contribution is -2.48. The minimum atomic E-state index is -1.000. The minimum absolute atomic E-state index is 0.0282. The van der Waals surface area contributed by atoms with Gasteiger partial charge < -0.3 is 20.7 Å². The molecule has 3 aromatic carbocycles. The van der Waals surface area contributed by atoms with E-state index in [9.17, 15) is 14.9 Å². The number of halogens is 2. The highest BCUT2D eigenvalue weighted by Crippen LogP contribution is 2.41. The zero-order valence-corrected chi connectivity index (χ0v) is 25.0. The number of nitrogens with two attached hydrogens (primary N) is 1. The molecule has 2 aliphatic rings. The van der Waals surface area contributed by atoms with Gasteiger partial charge in [-0.1, -0.05) is 42.6 Å². The molecule has 3 N–H and O–H groups in total. The van der Waals surface area contributed by atoms with Gasteiger partial charge in [0.25, 0.3) is 0 Å². The summed E-state index contributed by atoms with van der Waals surface area (Å²) in [5, 5.41) is 12.7. The standard InChI is InChI=1S/C33H35ClFN5O3/c1-39(26-11-9-25(34)10-12-26)32(42)40-20-27(43-2)18-30(40)31(41)38-29-17-24(8-13-28(29)35)33(37,15-14-21-6-7-21)23-5-3-4-22(16-23)19-36/h3-5,8-13,16-17,21,27,30H,6-7,14-15,18,20,37H2,1-2H3,(H,38,41)/t27-,30+,33?/m1/s1. The van der Waals surface area contributed by atoms with E-state index in [0.717, 1.165) is 24.8 Å². The predicted molar refractivity (Wildman–Crippen MR) is 164 cm³/mol. The molecule has 5 rings (SSSR count). The average Bonchev–Trinajstić information content (AvgIpc) is 3.76. The Kier molecular flexibility index (Phi) is 9.02. The van der Waals surface area contributed by atoms with Crippen molar-refractivity contribution in [1.82, 2.24) is 4.90 Å². The van der Waals surface area contributed by atoms with Gasteiger partial charge in [0.05, 0.1) is 29.0 Å². The highest BCUT2D eigenvalue weighted by atomic mass is 35.5. The fraction of sp³-hybridized carbons (Fsp3) is 0.364. The van der Waals surface area contributed by atoms with Crippen LogP contribution in [0.15, 0.2) is 66.7 Å². The molecular formula is C33H35ClFN5O3. The molecule has 10 heteroatoms. The smallest absolute Gasteiger partial charge is 0.324 e. The van der Waals surface area contributed by atoms with Crippen LogP contribution in [0.3, 0.4) is 0 Å². The Labute approximate surface area is 256 Å². The monoisotopic (exact) mass is 603 g/mol. The van der Waals surface area contributed by atoms with Gasteiger partial charge in [-0.25, -0.2) is 9.18 Å². The first-order valence-electron chi connectivity index (χ1n) is 14.4. The van der Waals surface area contributed by atoms with Crippen molar-refractivity contribution in [2.24, 2.45) is 11.7 Å². The minimum Gasteiger partial charge on any atom is -0.380 e. The highest BCUT2D eigenvalue weighted by molar-refractivity contribution is 6.30. The average molecular weight is 604 g/mol. The van der Waals surface area contributed by atoms with Crippen molar-refractivity contribution >= 4 is 34.9 Å². The van der Waals surface area contributed by atoms with Crippen LogP contribution in [-0.4, -0.2) is 49.7 Å². The van der Waals surface area contributed by atoms with Crippen molar-refractivity contribution in [2.45, 2.75) is 49.8 Å². The number of hydrogen-bond donors (Lipinski definition) is 2. The number of carbonyl (C=O) groups excluding carboxylic acids is 2. The van der Waals surface area contributed by atoms with Gasteiger partial charge in [0.2, 0.25) is 5.91 Å². The maximum Gasteiger partial charge on any atom is 0.324 e. The van der Waals surface area contributed by atoms with Gasteiger partial charge >= 0.3 is 6.03 Å². The Hall–Kier alpha value is -3.97. The fourth-order valence-electron chi connectivity index (χ4n) is 5.67. The Morgan fingerprint density at radius 1 is 1.16 bits per heavy atom. The number of nitriles is 1. The topological polar surface area (TPSA) is 112 Å². The van der Waals surface area contributed by atoms with Gasteiger partial charge in [-0.15, -0.1) is 0 Å². The number of rotatable bonds is 9. The molecule has 224 valence electrons. The Bertz CT molecular complexity index is 1540. The molecule has 0 bridgehead atoms. The van der Waals surface area contributed by atoms with Crippen molar-refractivity contribution in [2.75, 3.05) is 30.9 Å². The third-order valence-corrected chi connectivity index (χ3v) is 8.79. The largest absolute Gasteiger partial charge is 0.380 e. The number of nitrogens with one attached hydrogen (secondary N) is 1. The molecule has 8 nitrogen and oxygen atoms in total. The van der Waals surface area contributed by atoms with E-state index in [0.29, 0.717) is 34.2 Å². The molecule has 2 fully saturated rings. The molecule has 3 atom stereocenters. The van der Waals surface area contributed by atoms with Crippen molar-refractivity contribution in [3.05, 3.63) is 94.3 Å². The van der Waals surface area contributed by atoms with Crippen LogP contribution in [0.5, 0.6) is 0 Å². The molecule has 1 aliphatic heterocycles. The number of ether oxygens (including phenoxy) is 1. The van der Waals surface area contributed by atoms with Crippen molar-refractivity contribution in [1.29, 1.82) is 5.26 Å². The summed E-state index contributed by atoms with van der Waals surface area (Å²) in [6.45, 7) is 0.205. The molecule has 1 unspecified atom stereocenters. The molecule has 0 spiro atoms. The number of anilines is 2. The molecule has 0 radical (unpaired) electrons. The van der Waals surface area contributed by atoms with E-state index in [2.05, 4.69) is 11.4 Å². The van der Waals surface area contributed by atoms with Crippen molar-refractivity contribution in [3.8, 4) is 6.07 Å².